The predicted octanol–water partition coefficient (Wildman–Crippen LogP) is 1.64. The molecule has 30 heavy (non-hydrogen) atoms. The van der Waals surface area contributed by atoms with Gasteiger partial charge in [-0.3, -0.25) is 19.1 Å². The molecule has 10 heteroatoms. The SMILES string of the molecule is COCCCN1C(=O)C(=Cc2c(C)c(C#N)c(=O)n(C)c2N2CCOCC2)SC1=S. The van der Waals surface area contributed by atoms with Crippen molar-refractivity contribution < 1.29 is 14.3 Å². The van der Waals surface area contributed by atoms with Crippen LogP contribution in [0, 0.1) is 18.3 Å². The van der Waals surface area contributed by atoms with Crippen LogP contribution in [0.1, 0.15) is 23.1 Å². The van der Waals surface area contributed by atoms with E-state index in [-0.39, 0.29) is 17.0 Å². The minimum Gasteiger partial charge on any atom is -0.385 e. The van der Waals surface area contributed by atoms with E-state index in [1.807, 2.05) is 6.07 Å². The molecule has 0 aromatic carbocycles. The van der Waals surface area contributed by atoms with Gasteiger partial charge in [-0.1, -0.05) is 24.0 Å². The highest BCUT2D eigenvalue weighted by molar-refractivity contribution is 8.26. The van der Waals surface area contributed by atoms with E-state index >= 15 is 0 Å². The molecule has 0 unspecified atom stereocenters. The van der Waals surface area contributed by atoms with Gasteiger partial charge in [0.15, 0.2) is 0 Å². The van der Waals surface area contributed by atoms with Crippen molar-refractivity contribution in [1.82, 2.24) is 9.47 Å². The van der Waals surface area contributed by atoms with E-state index in [1.165, 1.54) is 16.3 Å². The molecule has 1 aromatic heterocycles. The summed E-state index contributed by atoms with van der Waals surface area (Å²) in [6.45, 7) is 5.12. The number of carbonyl (C=O) groups is 1. The normalized spacial score (nSPS) is 18.4. The van der Waals surface area contributed by atoms with E-state index in [0.29, 0.717) is 72.0 Å². The molecule has 160 valence electrons. The molecule has 0 bridgehead atoms. The zero-order valence-electron chi connectivity index (χ0n) is 17.3. The molecule has 0 N–H and O–H groups in total. The number of ether oxygens (including phenoxy) is 2. The molecule has 8 nitrogen and oxygen atoms in total. The Morgan fingerprint density at radius 1 is 1.33 bits per heavy atom. The third-order valence-electron chi connectivity index (χ3n) is 5.16. The van der Waals surface area contributed by atoms with Crippen LogP contribution in [-0.2, 0) is 21.3 Å². The quantitative estimate of drug-likeness (QED) is 0.369. The predicted molar refractivity (Wildman–Crippen MR) is 121 cm³/mol. The molecule has 0 aliphatic carbocycles. The van der Waals surface area contributed by atoms with Gasteiger partial charge in [0.05, 0.1) is 18.1 Å². The number of anilines is 1. The summed E-state index contributed by atoms with van der Waals surface area (Å²) >= 11 is 6.64. The fraction of sp³-hybridized carbons (Fsp3) is 0.500. The molecule has 0 saturated carbocycles. The molecule has 0 radical (unpaired) electrons. The van der Waals surface area contributed by atoms with Gasteiger partial charge in [0.2, 0.25) is 0 Å². The number of thioether (sulfide) groups is 1. The molecular weight excluding hydrogens is 424 g/mol. The van der Waals surface area contributed by atoms with Gasteiger partial charge < -0.3 is 14.4 Å². The van der Waals surface area contributed by atoms with Gasteiger partial charge in [0.25, 0.3) is 11.5 Å². The lowest BCUT2D eigenvalue weighted by Crippen LogP contribution is -2.40. The molecular formula is C20H24N4O4S2. The number of carbonyl (C=O) groups excluding carboxylic acids is 1. The third-order valence-corrected chi connectivity index (χ3v) is 6.54. The van der Waals surface area contributed by atoms with Crippen molar-refractivity contribution in [2.75, 3.05) is 51.5 Å². The van der Waals surface area contributed by atoms with Crippen LogP contribution in [0.25, 0.3) is 6.08 Å². The minimum absolute atomic E-state index is 0.0799. The summed E-state index contributed by atoms with van der Waals surface area (Å²) in [5, 5.41) is 9.54. The monoisotopic (exact) mass is 448 g/mol. The number of morpholine rings is 1. The van der Waals surface area contributed by atoms with Crippen molar-refractivity contribution in [2.45, 2.75) is 13.3 Å². The molecule has 3 rings (SSSR count). The lowest BCUT2D eigenvalue weighted by atomic mass is 10.0. The van der Waals surface area contributed by atoms with E-state index in [2.05, 4.69) is 4.90 Å². The maximum Gasteiger partial charge on any atom is 0.270 e. The second-order valence-corrected chi connectivity index (χ2v) is 8.67. The van der Waals surface area contributed by atoms with Crippen LogP contribution in [0.4, 0.5) is 5.82 Å². The lowest BCUT2D eigenvalue weighted by molar-refractivity contribution is -0.122. The van der Waals surface area contributed by atoms with Crippen molar-refractivity contribution in [3.63, 3.8) is 0 Å². The standard InChI is InChI=1S/C20H24N4O4S2/c1-13-14(11-16-19(26)24(20(29)30-16)5-4-8-27-3)17(23-6-9-28-10-7-23)22(2)18(25)15(13)12-21/h11H,4-10H2,1-3H3. The van der Waals surface area contributed by atoms with Crippen LogP contribution in [0.2, 0.25) is 0 Å². The van der Waals surface area contributed by atoms with Gasteiger partial charge in [0, 0.05) is 46.0 Å². The summed E-state index contributed by atoms with van der Waals surface area (Å²) in [6.07, 6.45) is 2.45. The summed E-state index contributed by atoms with van der Waals surface area (Å²) in [5.41, 5.74) is 0.983. The Kier molecular flexibility index (Phi) is 7.31. The summed E-state index contributed by atoms with van der Waals surface area (Å²) in [4.78, 5) is 29.8. The molecule has 1 aromatic rings. The van der Waals surface area contributed by atoms with Crippen LogP contribution in [-0.4, -0.2) is 66.3 Å². The van der Waals surface area contributed by atoms with Crippen molar-refractivity contribution in [3.05, 3.63) is 31.9 Å². The first kappa shape index (κ1) is 22.5. The molecule has 0 atom stereocenters. The van der Waals surface area contributed by atoms with Crippen LogP contribution in [0.15, 0.2) is 9.70 Å². The van der Waals surface area contributed by atoms with E-state index in [0.717, 1.165) is 0 Å². The van der Waals surface area contributed by atoms with Gasteiger partial charge in [0.1, 0.15) is 21.8 Å². The van der Waals surface area contributed by atoms with Gasteiger partial charge in [-0.15, -0.1) is 0 Å². The average molecular weight is 449 g/mol. The fourth-order valence-corrected chi connectivity index (χ4v) is 4.85. The third kappa shape index (κ3) is 4.30. The van der Waals surface area contributed by atoms with E-state index in [4.69, 9.17) is 21.7 Å². The number of nitriles is 1. The minimum atomic E-state index is -0.347. The summed E-state index contributed by atoms with van der Waals surface area (Å²) < 4.78 is 12.5. The number of hydrogen-bond acceptors (Lipinski definition) is 8. The Balaban J connectivity index is 2.07. The topological polar surface area (TPSA) is 87.8 Å². The van der Waals surface area contributed by atoms with E-state index in [1.54, 1.807) is 32.1 Å². The number of pyridine rings is 1. The molecule has 1 amide bonds. The van der Waals surface area contributed by atoms with Crippen LogP contribution in [0.5, 0.6) is 0 Å². The van der Waals surface area contributed by atoms with Crippen LogP contribution in [0.3, 0.4) is 0 Å². The summed E-state index contributed by atoms with van der Waals surface area (Å²) in [7, 11) is 3.27. The second kappa shape index (κ2) is 9.75. The number of rotatable bonds is 6. The Bertz CT molecular complexity index is 990. The summed E-state index contributed by atoms with van der Waals surface area (Å²) in [6, 6.07) is 2.02. The van der Waals surface area contributed by atoms with Crippen molar-refractivity contribution in [1.29, 1.82) is 5.26 Å². The highest BCUT2D eigenvalue weighted by Gasteiger charge is 2.33. The smallest absolute Gasteiger partial charge is 0.270 e. The Morgan fingerprint density at radius 3 is 2.67 bits per heavy atom. The maximum absolute atomic E-state index is 13.0. The largest absolute Gasteiger partial charge is 0.385 e. The molecule has 2 fully saturated rings. The summed E-state index contributed by atoms with van der Waals surface area (Å²) in [5.74, 6) is 0.519. The molecule has 3 heterocycles. The van der Waals surface area contributed by atoms with Gasteiger partial charge in [-0.2, -0.15) is 5.26 Å². The van der Waals surface area contributed by atoms with Crippen molar-refractivity contribution >= 4 is 46.1 Å². The van der Waals surface area contributed by atoms with Gasteiger partial charge >= 0.3 is 0 Å². The van der Waals surface area contributed by atoms with Crippen molar-refractivity contribution in [3.8, 4) is 6.07 Å². The number of nitrogens with zero attached hydrogens (tertiary/aromatic N) is 4. The highest BCUT2D eigenvalue weighted by Crippen LogP contribution is 2.35. The first-order chi connectivity index (χ1) is 14.4. The zero-order chi connectivity index (χ0) is 21.8. The first-order valence-electron chi connectivity index (χ1n) is 9.61. The van der Waals surface area contributed by atoms with Gasteiger partial charge in [-0.05, 0) is 25.0 Å². The maximum atomic E-state index is 13.0. The number of amides is 1. The molecule has 2 aliphatic rings. The number of aromatic nitrogens is 1. The Hall–Kier alpha value is -2.19. The zero-order valence-corrected chi connectivity index (χ0v) is 18.9. The van der Waals surface area contributed by atoms with Crippen molar-refractivity contribution in [2.24, 2.45) is 7.05 Å². The molecule has 0 spiro atoms. The lowest BCUT2D eigenvalue weighted by Gasteiger charge is -2.32. The molecule has 2 saturated heterocycles. The van der Waals surface area contributed by atoms with Crippen LogP contribution < -0.4 is 10.5 Å². The van der Waals surface area contributed by atoms with E-state index < -0.39 is 0 Å². The average Bonchev–Trinajstić information content (AvgIpc) is 3.01. The Labute approximate surface area is 185 Å². The Morgan fingerprint density at radius 2 is 2.03 bits per heavy atom. The first-order valence-corrected chi connectivity index (χ1v) is 10.8. The second-order valence-electron chi connectivity index (χ2n) is 6.99. The number of methoxy groups -OCH3 is 1. The highest BCUT2D eigenvalue weighted by atomic mass is 32.2. The fourth-order valence-electron chi connectivity index (χ4n) is 3.56. The van der Waals surface area contributed by atoms with Gasteiger partial charge in [-0.25, -0.2) is 0 Å². The molecule has 2 aliphatic heterocycles. The van der Waals surface area contributed by atoms with E-state index in [9.17, 15) is 14.9 Å². The number of hydrogen-bond donors (Lipinski definition) is 0. The van der Waals surface area contributed by atoms with Crippen LogP contribution >= 0.6 is 24.0 Å². The number of thiocarbonyl (C=S) groups is 1.